The highest BCUT2D eigenvalue weighted by atomic mass is 35.5. The van der Waals surface area contributed by atoms with E-state index in [0.29, 0.717) is 22.0 Å². The molecule has 2 N–H and O–H groups in total. The normalized spacial score (nSPS) is 10.7. The minimum absolute atomic E-state index is 0.156. The van der Waals surface area contributed by atoms with Crippen LogP contribution in [0.2, 0.25) is 5.02 Å². The molecule has 0 fully saturated rings. The maximum atomic E-state index is 14.0. The topological polar surface area (TPSA) is 112 Å². The quantitative estimate of drug-likeness (QED) is 0.436. The first-order valence-corrected chi connectivity index (χ1v) is 10.6. The van der Waals surface area contributed by atoms with E-state index in [2.05, 4.69) is 20.7 Å². The lowest BCUT2D eigenvalue weighted by molar-refractivity contribution is -0.136. The highest BCUT2D eigenvalue weighted by Crippen LogP contribution is 2.23. The maximum Gasteiger partial charge on any atom is 0.313 e. The number of thiazole rings is 1. The number of carbonyl (C=O) groups is 2. The van der Waals surface area contributed by atoms with Crippen LogP contribution in [0.5, 0.6) is 0 Å². The second-order valence-electron chi connectivity index (χ2n) is 6.60. The van der Waals surface area contributed by atoms with Crippen LogP contribution < -0.4 is 10.6 Å². The Hall–Kier alpha value is -3.81. The lowest BCUT2D eigenvalue weighted by atomic mass is 10.2. The number of carbonyl (C=O) groups excluding carboxylic acids is 2. The summed E-state index contributed by atoms with van der Waals surface area (Å²) in [5, 5.41) is 20.5. The third kappa shape index (κ3) is 4.44. The molecule has 0 radical (unpaired) electrons. The fourth-order valence-electron chi connectivity index (χ4n) is 2.93. The summed E-state index contributed by atoms with van der Waals surface area (Å²) in [6.07, 6.45) is 0.375. The van der Waals surface area contributed by atoms with Crippen molar-refractivity contribution in [3.05, 3.63) is 69.9 Å². The number of halogens is 2. The Balaban J connectivity index is 1.39. The van der Waals surface area contributed by atoms with Gasteiger partial charge in [0.2, 0.25) is 4.96 Å². The van der Waals surface area contributed by atoms with Crippen LogP contribution in [0.4, 0.5) is 10.1 Å². The summed E-state index contributed by atoms with van der Waals surface area (Å²) >= 11 is 7.22. The molecule has 4 rings (SSSR count). The van der Waals surface area contributed by atoms with Crippen molar-refractivity contribution >= 4 is 45.4 Å². The molecule has 0 saturated heterocycles. The molecule has 2 aromatic carbocycles. The van der Waals surface area contributed by atoms with Crippen LogP contribution in [-0.4, -0.2) is 33.0 Å². The number of hydrogen-bond donors (Lipinski definition) is 2. The van der Waals surface area contributed by atoms with E-state index in [-0.39, 0.29) is 23.6 Å². The molecule has 2 aromatic heterocycles. The van der Waals surface area contributed by atoms with Crippen LogP contribution in [0.1, 0.15) is 11.3 Å². The van der Waals surface area contributed by atoms with Crippen LogP contribution in [0, 0.1) is 17.1 Å². The van der Waals surface area contributed by atoms with Crippen LogP contribution in [0.15, 0.2) is 47.8 Å². The standard InChI is InChI=1S/C21H14ClFN6O2S/c22-13-6-5-12(10-24)17(9-13)26-20(31)19(30)25-8-7-14-11-32-21-27-18(28-29(14)21)15-3-1-2-4-16(15)23/h1-6,9,11H,7-8H2,(H,25,30)(H,26,31). The number of anilines is 1. The number of benzene rings is 2. The summed E-state index contributed by atoms with van der Waals surface area (Å²) in [5.74, 6) is -1.91. The molecule has 0 aliphatic carbocycles. The number of fused-ring (bicyclic) bond motifs is 1. The molecule has 4 aromatic rings. The third-order valence-corrected chi connectivity index (χ3v) is 5.59. The van der Waals surface area contributed by atoms with Crippen molar-refractivity contribution in [2.45, 2.75) is 6.42 Å². The zero-order chi connectivity index (χ0) is 22.7. The van der Waals surface area contributed by atoms with Gasteiger partial charge in [0, 0.05) is 23.4 Å². The van der Waals surface area contributed by atoms with E-state index >= 15 is 0 Å². The summed E-state index contributed by atoms with van der Waals surface area (Å²) in [7, 11) is 0. The molecule has 32 heavy (non-hydrogen) atoms. The number of nitriles is 1. The highest BCUT2D eigenvalue weighted by molar-refractivity contribution is 7.15. The maximum absolute atomic E-state index is 14.0. The highest BCUT2D eigenvalue weighted by Gasteiger charge is 2.17. The number of aromatic nitrogens is 3. The molecule has 2 heterocycles. The zero-order valence-corrected chi connectivity index (χ0v) is 17.9. The number of hydrogen-bond acceptors (Lipinski definition) is 6. The SMILES string of the molecule is N#Cc1ccc(Cl)cc1NC(=O)C(=O)NCCc1csc2nc(-c3ccccc3F)nn12. The molecule has 8 nitrogen and oxygen atoms in total. The van der Waals surface area contributed by atoms with E-state index in [4.69, 9.17) is 16.9 Å². The van der Waals surface area contributed by atoms with Crippen molar-refractivity contribution in [1.29, 1.82) is 5.26 Å². The van der Waals surface area contributed by atoms with Crippen molar-refractivity contribution in [1.82, 2.24) is 19.9 Å². The van der Waals surface area contributed by atoms with Gasteiger partial charge in [-0.1, -0.05) is 23.7 Å². The summed E-state index contributed by atoms with van der Waals surface area (Å²) in [6.45, 7) is 0.160. The summed E-state index contributed by atoms with van der Waals surface area (Å²) in [6, 6.07) is 12.5. The Morgan fingerprint density at radius 3 is 2.81 bits per heavy atom. The molecule has 0 spiro atoms. The first kappa shape index (κ1) is 21.4. The molecule has 0 aliphatic rings. The summed E-state index contributed by atoms with van der Waals surface area (Å²) in [5.41, 5.74) is 1.40. The van der Waals surface area contributed by atoms with Gasteiger partial charge in [-0.2, -0.15) is 10.2 Å². The van der Waals surface area contributed by atoms with Gasteiger partial charge in [0.15, 0.2) is 5.82 Å². The first-order valence-electron chi connectivity index (χ1n) is 9.33. The lowest BCUT2D eigenvalue weighted by Gasteiger charge is -2.08. The van der Waals surface area contributed by atoms with E-state index < -0.39 is 17.6 Å². The van der Waals surface area contributed by atoms with E-state index in [9.17, 15) is 14.0 Å². The molecular formula is C21H14ClFN6O2S. The molecule has 2 amide bonds. The first-order chi connectivity index (χ1) is 15.5. The fraction of sp³-hybridized carbons (Fsp3) is 0.0952. The Morgan fingerprint density at radius 2 is 2.03 bits per heavy atom. The van der Waals surface area contributed by atoms with Gasteiger partial charge in [-0.15, -0.1) is 16.4 Å². The second kappa shape index (κ2) is 9.13. The number of amides is 2. The zero-order valence-electron chi connectivity index (χ0n) is 16.3. The Kier molecular flexibility index (Phi) is 6.11. The number of rotatable bonds is 5. The predicted octanol–water partition coefficient (Wildman–Crippen LogP) is 3.42. The molecule has 0 aliphatic heterocycles. The van der Waals surface area contributed by atoms with Gasteiger partial charge in [-0.25, -0.2) is 8.91 Å². The Labute approximate surface area is 190 Å². The smallest absolute Gasteiger partial charge is 0.313 e. The van der Waals surface area contributed by atoms with E-state index in [0.717, 1.165) is 5.69 Å². The minimum Gasteiger partial charge on any atom is -0.347 e. The van der Waals surface area contributed by atoms with Crippen molar-refractivity contribution in [3.8, 4) is 17.5 Å². The molecule has 0 atom stereocenters. The summed E-state index contributed by atoms with van der Waals surface area (Å²) < 4.78 is 15.6. The van der Waals surface area contributed by atoms with Crippen LogP contribution in [0.3, 0.4) is 0 Å². The minimum atomic E-state index is -0.915. The monoisotopic (exact) mass is 468 g/mol. The van der Waals surface area contributed by atoms with Gasteiger partial charge < -0.3 is 10.6 Å². The average Bonchev–Trinajstić information content (AvgIpc) is 3.35. The van der Waals surface area contributed by atoms with Gasteiger partial charge in [0.1, 0.15) is 11.9 Å². The second-order valence-corrected chi connectivity index (χ2v) is 7.87. The number of nitrogens with one attached hydrogen (secondary N) is 2. The van der Waals surface area contributed by atoms with Gasteiger partial charge in [-0.05, 0) is 30.3 Å². The molecular weight excluding hydrogens is 455 g/mol. The van der Waals surface area contributed by atoms with Gasteiger partial charge in [0.25, 0.3) is 0 Å². The summed E-state index contributed by atoms with van der Waals surface area (Å²) in [4.78, 5) is 29.2. The molecule has 0 unspecified atom stereocenters. The van der Waals surface area contributed by atoms with Crippen LogP contribution >= 0.6 is 22.9 Å². The average molecular weight is 469 g/mol. The number of nitrogens with zero attached hydrogens (tertiary/aromatic N) is 4. The van der Waals surface area contributed by atoms with Crippen molar-refractivity contribution in [2.24, 2.45) is 0 Å². The largest absolute Gasteiger partial charge is 0.347 e. The van der Waals surface area contributed by atoms with Crippen LogP contribution in [-0.2, 0) is 16.0 Å². The molecule has 11 heteroatoms. The van der Waals surface area contributed by atoms with E-state index in [1.165, 1.54) is 35.6 Å². The lowest BCUT2D eigenvalue weighted by Crippen LogP contribution is -2.36. The molecule has 0 saturated carbocycles. The van der Waals surface area contributed by atoms with Crippen molar-refractivity contribution in [2.75, 3.05) is 11.9 Å². The molecule has 160 valence electrons. The molecule has 0 bridgehead atoms. The van der Waals surface area contributed by atoms with Gasteiger partial charge in [0.05, 0.1) is 22.5 Å². The Morgan fingerprint density at radius 1 is 1.22 bits per heavy atom. The van der Waals surface area contributed by atoms with E-state index in [1.54, 1.807) is 22.7 Å². The van der Waals surface area contributed by atoms with Crippen molar-refractivity contribution in [3.63, 3.8) is 0 Å². The van der Waals surface area contributed by atoms with Gasteiger partial charge in [-0.3, -0.25) is 9.59 Å². The van der Waals surface area contributed by atoms with Crippen molar-refractivity contribution < 1.29 is 14.0 Å². The predicted molar refractivity (Wildman–Crippen MR) is 118 cm³/mol. The van der Waals surface area contributed by atoms with E-state index in [1.807, 2.05) is 11.4 Å². The van der Waals surface area contributed by atoms with Gasteiger partial charge >= 0.3 is 11.8 Å². The third-order valence-electron chi connectivity index (χ3n) is 4.49. The Bertz CT molecular complexity index is 1380. The van der Waals surface area contributed by atoms with Crippen LogP contribution in [0.25, 0.3) is 16.3 Å². The fourth-order valence-corrected chi connectivity index (χ4v) is 3.96.